The molecule has 0 aromatic heterocycles. The van der Waals surface area contributed by atoms with Crippen molar-refractivity contribution >= 4 is 5.78 Å². The van der Waals surface area contributed by atoms with Gasteiger partial charge in [0.05, 0.1) is 41.8 Å². The number of aliphatic hydroxyl groups is 6. The molecule has 8 rings (SSSR count). The van der Waals surface area contributed by atoms with Gasteiger partial charge in [-0.15, -0.1) is 0 Å². The summed E-state index contributed by atoms with van der Waals surface area (Å²) in [5.41, 5.74) is 2.76. The molecule has 1 spiro atoms. The Kier molecular flexibility index (Phi) is 10.2. The molecule has 6 aliphatic carbocycles. The number of ketones is 1. The first-order valence-electron chi connectivity index (χ1n) is 21.3. The number of hydrogen-bond acceptors (Lipinski definition) is 10. The number of nitrogens with two attached hydrogens (primary N) is 1. The molecular weight excluding hydrogens is 684 g/mol. The molecule has 0 amide bonds. The van der Waals surface area contributed by atoms with Gasteiger partial charge in [-0.2, -0.15) is 0 Å². The van der Waals surface area contributed by atoms with Gasteiger partial charge in [-0.25, -0.2) is 0 Å². The summed E-state index contributed by atoms with van der Waals surface area (Å²) in [5.74, 6) is -0.774. The smallest absolute Gasteiger partial charge is 0.159 e. The van der Waals surface area contributed by atoms with Crippen LogP contribution in [0.4, 0.5) is 0 Å². The Hall–Kier alpha value is -1.89. The third-order valence-corrected chi connectivity index (χ3v) is 16.8. The number of rotatable bonds is 8. The second-order valence-electron chi connectivity index (χ2n) is 19.3. The van der Waals surface area contributed by atoms with Crippen LogP contribution in [-0.2, 0) is 9.53 Å². The van der Waals surface area contributed by atoms with E-state index in [1.54, 1.807) is 13.0 Å². The molecule has 10 heteroatoms. The number of fused-ring (bicyclic) bond motifs is 3. The van der Waals surface area contributed by atoms with Gasteiger partial charge >= 0.3 is 0 Å². The Morgan fingerprint density at radius 3 is 2.57 bits per heavy atom. The standard InChI is InChI=1S/C44H66N2O8/c1-4-5-25-6-11-29-24(2)39(54-35(29)12-7-25)40(51)41(3,52)36-14-15-44(53)31-19-32(48)30-18-33(49)34(50)22-42(30)20-26(28-10-13-37(45)46-23-28)8-9-27(38(31)42)21-43(36,44)16-17-47/h8-10,13,19,23-27,29-30,33-40,46-47,49-53H,4-7,11-12,14-18,20-22,45H2,1-3H3/t24-,25-,26+,27+,29-,30-,33+,34-,35+,36+,37?,38-,39+,40+,41+,42-,43+,44+/m0/s1. The van der Waals surface area contributed by atoms with Crippen molar-refractivity contribution in [2.24, 2.45) is 63.9 Å². The molecule has 18 atom stereocenters. The van der Waals surface area contributed by atoms with Crippen molar-refractivity contribution in [2.45, 2.75) is 152 Å². The fraction of sp³-hybridized carbons (Fsp3) is 0.795. The molecule has 2 heterocycles. The van der Waals surface area contributed by atoms with Crippen molar-refractivity contribution < 1.29 is 40.2 Å². The van der Waals surface area contributed by atoms with Gasteiger partial charge in [0.2, 0.25) is 0 Å². The van der Waals surface area contributed by atoms with Crippen LogP contribution in [0.2, 0.25) is 0 Å². The van der Waals surface area contributed by atoms with Gasteiger partial charge in [-0.05, 0) is 135 Å². The van der Waals surface area contributed by atoms with Crippen molar-refractivity contribution in [2.75, 3.05) is 6.61 Å². The van der Waals surface area contributed by atoms with Crippen LogP contribution >= 0.6 is 0 Å². The summed E-state index contributed by atoms with van der Waals surface area (Å²) >= 11 is 0. The minimum atomic E-state index is -1.66. The van der Waals surface area contributed by atoms with Crippen molar-refractivity contribution in [1.82, 2.24) is 5.32 Å². The van der Waals surface area contributed by atoms with Crippen LogP contribution in [-0.4, -0.2) is 90.9 Å². The SMILES string of the molecule is CCC[C@H]1CC[C@H]2[C@H](C)[C@H]([C@@H](O)[C@](C)(O)[C@H]3CC[C@@]4(O)C5=CC(=O)[C@@H]6C[C@@H](O)[C@@H](O)C[C@@]67C[C@H](C6=CNC(N)C=C6)C=C[C@H](C[C@]34CCO)[C@@H]57)O[C@@H]2CC1. The van der Waals surface area contributed by atoms with Gasteiger partial charge in [0.15, 0.2) is 5.78 Å². The molecule has 1 unspecified atom stereocenters. The molecule has 0 radical (unpaired) electrons. The summed E-state index contributed by atoms with van der Waals surface area (Å²) in [5, 5.41) is 74.8. The Balaban J connectivity index is 1.17. The highest BCUT2D eigenvalue weighted by Gasteiger charge is 2.73. The molecule has 54 heavy (non-hydrogen) atoms. The maximum Gasteiger partial charge on any atom is 0.159 e. The Bertz CT molecular complexity index is 1570. The van der Waals surface area contributed by atoms with E-state index < -0.39 is 58.3 Å². The molecule has 2 aliphatic heterocycles. The zero-order valence-electron chi connectivity index (χ0n) is 32.5. The first kappa shape index (κ1) is 39.0. The first-order chi connectivity index (χ1) is 25.7. The van der Waals surface area contributed by atoms with Gasteiger partial charge in [-0.1, -0.05) is 51.3 Å². The van der Waals surface area contributed by atoms with Crippen LogP contribution < -0.4 is 11.1 Å². The number of ether oxygens (including phenoxy) is 1. The summed E-state index contributed by atoms with van der Waals surface area (Å²) in [6, 6.07) is 0. The quantitative estimate of drug-likeness (QED) is 0.170. The summed E-state index contributed by atoms with van der Waals surface area (Å²) < 4.78 is 6.72. The number of hydrogen-bond donors (Lipinski definition) is 8. The monoisotopic (exact) mass is 750 g/mol. The van der Waals surface area contributed by atoms with E-state index in [0.717, 1.165) is 31.3 Å². The number of carbonyl (C=O) groups excluding carboxylic acids is 1. The Morgan fingerprint density at radius 2 is 1.85 bits per heavy atom. The van der Waals surface area contributed by atoms with Crippen molar-refractivity contribution in [3.8, 4) is 0 Å². The highest BCUT2D eigenvalue weighted by atomic mass is 16.5. The van der Waals surface area contributed by atoms with Crippen molar-refractivity contribution in [1.29, 1.82) is 0 Å². The minimum Gasteiger partial charge on any atom is -0.396 e. The van der Waals surface area contributed by atoms with E-state index in [1.807, 2.05) is 18.4 Å². The summed E-state index contributed by atoms with van der Waals surface area (Å²) in [6.07, 6.45) is 16.8. The molecular formula is C44H66N2O8. The van der Waals surface area contributed by atoms with Crippen LogP contribution in [0, 0.1) is 58.2 Å². The summed E-state index contributed by atoms with van der Waals surface area (Å²) in [4.78, 5) is 14.4. The lowest BCUT2D eigenvalue weighted by atomic mass is 9.41. The third-order valence-electron chi connectivity index (χ3n) is 16.8. The predicted octanol–water partition coefficient (Wildman–Crippen LogP) is 3.79. The first-order valence-corrected chi connectivity index (χ1v) is 21.3. The number of dihydropyridines is 1. The normalized spacial score (nSPS) is 49.9. The summed E-state index contributed by atoms with van der Waals surface area (Å²) in [6.45, 7) is 5.88. The fourth-order valence-electron chi connectivity index (χ4n) is 14.3. The van der Waals surface area contributed by atoms with Gasteiger partial charge in [0.1, 0.15) is 6.10 Å². The van der Waals surface area contributed by atoms with E-state index in [0.29, 0.717) is 36.7 Å². The van der Waals surface area contributed by atoms with Crippen LogP contribution in [0.15, 0.2) is 47.7 Å². The molecule has 0 bridgehead atoms. The average Bonchev–Trinajstić information content (AvgIpc) is 3.44. The maximum absolute atomic E-state index is 14.4. The number of carbonyl (C=O) groups is 1. The maximum atomic E-state index is 14.4. The number of allylic oxidation sites excluding steroid dienone is 5. The van der Waals surface area contributed by atoms with E-state index >= 15 is 0 Å². The van der Waals surface area contributed by atoms with Crippen LogP contribution in [0.1, 0.15) is 104 Å². The average molecular weight is 751 g/mol. The van der Waals surface area contributed by atoms with Gasteiger partial charge in [-0.3, -0.25) is 4.79 Å². The lowest BCUT2D eigenvalue weighted by Crippen LogP contribution is -2.66. The minimum absolute atomic E-state index is 0.0516. The largest absolute Gasteiger partial charge is 0.396 e. The molecule has 8 aliphatic rings. The molecule has 300 valence electrons. The van der Waals surface area contributed by atoms with Crippen molar-refractivity contribution in [3.05, 3.63) is 47.7 Å². The molecule has 0 aromatic carbocycles. The zero-order valence-corrected chi connectivity index (χ0v) is 32.5. The highest BCUT2D eigenvalue weighted by Crippen LogP contribution is 2.73. The van der Waals surface area contributed by atoms with E-state index in [4.69, 9.17) is 10.5 Å². The zero-order chi connectivity index (χ0) is 38.4. The third kappa shape index (κ3) is 5.82. The Morgan fingerprint density at radius 1 is 1.07 bits per heavy atom. The van der Waals surface area contributed by atoms with Gasteiger partial charge in [0, 0.05) is 30.1 Å². The van der Waals surface area contributed by atoms with Crippen molar-refractivity contribution in [3.63, 3.8) is 0 Å². The van der Waals surface area contributed by atoms with E-state index in [9.17, 15) is 35.4 Å². The number of aliphatic hydroxyl groups excluding tert-OH is 4. The van der Waals surface area contributed by atoms with Crippen LogP contribution in [0.5, 0.6) is 0 Å². The van der Waals surface area contributed by atoms with Gasteiger partial charge in [0.25, 0.3) is 0 Å². The van der Waals surface area contributed by atoms with Gasteiger partial charge < -0.3 is 46.4 Å². The van der Waals surface area contributed by atoms with E-state index in [-0.39, 0.29) is 74.0 Å². The van der Waals surface area contributed by atoms with E-state index in [2.05, 4.69) is 31.3 Å². The second kappa shape index (κ2) is 14.2. The summed E-state index contributed by atoms with van der Waals surface area (Å²) in [7, 11) is 0. The topological polar surface area (TPSA) is 186 Å². The molecule has 10 nitrogen and oxygen atoms in total. The predicted molar refractivity (Wildman–Crippen MR) is 204 cm³/mol. The second-order valence-corrected chi connectivity index (χ2v) is 19.3. The molecule has 1 saturated heterocycles. The Labute approximate surface area is 321 Å². The fourth-order valence-corrected chi connectivity index (χ4v) is 14.3. The molecule has 9 N–H and O–H groups in total. The lowest BCUT2D eigenvalue weighted by Gasteiger charge is -2.64. The van der Waals surface area contributed by atoms with Crippen LogP contribution in [0.25, 0.3) is 0 Å². The molecule has 0 aromatic rings. The molecule has 5 fully saturated rings. The highest BCUT2D eigenvalue weighted by molar-refractivity contribution is 5.95. The molecule has 4 saturated carbocycles. The van der Waals surface area contributed by atoms with Crippen LogP contribution in [0.3, 0.4) is 0 Å². The number of nitrogens with one attached hydrogen (secondary N) is 1. The van der Waals surface area contributed by atoms with E-state index in [1.165, 1.54) is 12.8 Å². The lowest BCUT2D eigenvalue weighted by molar-refractivity contribution is -0.211.